The molecule has 0 aliphatic carbocycles. The van der Waals surface area contributed by atoms with Crippen molar-refractivity contribution >= 4 is 17.0 Å². The molecule has 2 heterocycles. The van der Waals surface area contributed by atoms with Crippen LogP contribution in [0.15, 0.2) is 65.4 Å². The van der Waals surface area contributed by atoms with Gasteiger partial charge in [0.05, 0.1) is 5.36 Å². The zero-order valence-corrected chi connectivity index (χ0v) is 9.88. The number of nitrogens with zero attached hydrogens (tertiary/aromatic N) is 2. The van der Waals surface area contributed by atoms with Crippen molar-refractivity contribution in [1.82, 2.24) is 4.90 Å². The summed E-state index contributed by atoms with van der Waals surface area (Å²) < 4.78 is 0. The van der Waals surface area contributed by atoms with Crippen LogP contribution in [0.3, 0.4) is 0 Å². The van der Waals surface area contributed by atoms with Gasteiger partial charge in [-0.3, -0.25) is 0 Å². The van der Waals surface area contributed by atoms with E-state index < -0.39 is 0 Å². The SMILES string of the molecule is C1=CCN2C=c3cc4ccccc4cc3=NC2=C1. The molecule has 2 nitrogen and oxygen atoms in total. The van der Waals surface area contributed by atoms with Crippen molar-refractivity contribution in [2.45, 2.75) is 0 Å². The van der Waals surface area contributed by atoms with Crippen molar-refractivity contribution in [2.24, 2.45) is 4.99 Å². The molecule has 2 aliphatic heterocycles. The fraction of sp³-hybridized carbons (Fsp3) is 0.0625. The van der Waals surface area contributed by atoms with Crippen LogP contribution in [-0.4, -0.2) is 11.4 Å². The molecule has 2 aliphatic rings. The Kier molecular flexibility index (Phi) is 1.92. The number of hydrogen-bond acceptors (Lipinski definition) is 2. The minimum atomic E-state index is 0.904. The summed E-state index contributed by atoms with van der Waals surface area (Å²) in [7, 11) is 0. The van der Waals surface area contributed by atoms with E-state index >= 15 is 0 Å². The average molecular weight is 232 g/mol. The molecule has 0 fully saturated rings. The number of hydrogen-bond donors (Lipinski definition) is 0. The Hall–Kier alpha value is -2.35. The first-order valence-electron chi connectivity index (χ1n) is 6.13. The van der Waals surface area contributed by atoms with E-state index in [2.05, 4.69) is 65.7 Å². The lowest BCUT2D eigenvalue weighted by atomic mass is 10.1. The Morgan fingerprint density at radius 3 is 2.78 bits per heavy atom. The van der Waals surface area contributed by atoms with Gasteiger partial charge < -0.3 is 4.90 Å². The third-order valence-corrected chi connectivity index (χ3v) is 3.40. The molecule has 0 spiro atoms. The highest BCUT2D eigenvalue weighted by molar-refractivity contribution is 5.82. The first kappa shape index (κ1) is 9.66. The second-order valence-corrected chi connectivity index (χ2v) is 4.60. The van der Waals surface area contributed by atoms with Crippen molar-refractivity contribution < 1.29 is 0 Å². The normalized spacial score (nSPS) is 16.4. The molecular formula is C16H12N2. The van der Waals surface area contributed by atoms with Crippen LogP contribution in [0.1, 0.15) is 0 Å². The largest absolute Gasteiger partial charge is 0.329 e. The highest BCUT2D eigenvalue weighted by Crippen LogP contribution is 2.14. The van der Waals surface area contributed by atoms with E-state index in [0.29, 0.717) is 0 Å². The van der Waals surface area contributed by atoms with Crippen molar-refractivity contribution in [2.75, 3.05) is 6.54 Å². The van der Waals surface area contributed by atoms with Crippen molar-refractivity contribution in [3.8, 4) is 0 Å². The van der Waals surface area contributed by atoms with Crippen LogP contribution in [0.25, 0.3) is 17.0 Å². The summed E-state index contributed by atoms with van der Waals surface area (Å²) in [6, 6.07) is 12.8. The van der Waals surface area contributed by atoms with Gasteiger partial charge in [-0.05, 0) is 29.0 Å². The predicted octanol–water partition coefficient (Wildman–Crippen LogP) is 1.92. The quantitative estimate of drug-likeness (QED) is 0.677. The highest BCUT2D eigenvalue weighted by Gasteiger charge is 2.11. The van der Waals surface area contributed by atoms with E-state index in [-0.39, 0.29) is 0 Å². The van der Waals surface area contributed by atoms with Crippen LogP contribution in [0, 0.1) is 0 Å². The van der Waals surface area contributed by atoms with E-state index in [9.17, 15) is 0 Å². The summed E-state index contributed by atoms with van der Waals surface area (Å²) in [5, 5.41) is 4.77. The third-order valence-electron chi connectivity index (χ3n) is 3.40. The number of benzene rings is 2. The molecule has 86 valence electrons. The molecule has 2 aromatic rings. The van der Waals surface area contributed by atoms with Gasteiger partial charge >= 0.3 is 0 Å². The maximum atomic E-state index is 4.72. The molecular weight excluding hydrogens is 220 g/mol. The molecule has 4 rings (SSSR count). The van der Waals surface area contributed by atoms with E-state index in [0.717, 1.165) is 17.7 Å². The first-order chi connectivity index (χ1) is 8.90. The van der Waals surface area contributed by atoms with Crippen LogP contribution in [0.4, 0.5) is 0 Å². The Morgan fingerprint density at radius 2 is 1.89 bits per heavy atom. The molecule has 0 bridgehead atoms. The fourth-order valence-electron chi connectivity index (χ4n) is 2.48. The number of fused-ring (bicyclic) bond motifs is 3. The van der Waals surface area contributed by atoms with E-state index in [1.165, 1.54) is 16.0 Å². The lowest BCUT2D eigenvalue weighted by molar-refractivity contribution is 0.535. The zero-order chi connectivity index (χ0) is 11.9. The zero-order valence-electron chi connectivity index (χ0n) is 9.88. The number of allylic oxidation sites excluding steroid dienone is 2. The fourth-order valence-corrected chi connectivity index (χ4v) is 2.48. The molecule has 18 heavy (non-hydrogen) atoms. The highest BCUT2D eigenvalue weighted by atomic mass is 15.2. The van der Waals surface area contributed by atoms with Crippen LogP contribution in [0.2, 0.25) is 0 Å². The molecule has 2 heteroatoms. The maximum Gasteiger partial charge on any atom is 0.133 e. The molecule has 0 N–H and O–H groups in total. The van der Waals surface area contributed by atoms with Gasteiger partial charge in [-0.2, -0.15) is 0 Å². The molecule has 0 aromatic heterocycles. The third kappa shape index (κ3) is 1.39. The van der Waals surface area contributed by atoms with Gasteiger partial charge in [-0.25, -0.2) is 4.99 Å². The summed E-state index contributed by atoms with van der Waals surface area (Å²) in [6.45, 7) is 0.904. The summed E-state index contributed by atoms with van der Waals surface area (Å²) in [5.74, 6) is 1.03. The van der Waals surface area contributed by atoms with Gasteiger partial charge in [-0.1, -0.05) is 36.4 Å². The molecule has 0 saturated heterocycles. The Balaban J connectivity index is 2.08. The monoisotopic (exact) mass is 232 g/mol. The van der Waals surface area contributed by atoms with E-state index in [1.807, 2.05) is 0 Å². The van der Waals surface area contributed by atoms with Gasteiger partial charge in [0, 0.05) is 18.0 Å². The molecule has 0 unspecified atom stereocenters. The van der Waals surface area contributed by atoms with Crippen LogP contribution < -0.4 is 10.6 Å². The van der Waals surface area contributed by atoms with Crippen LogP contribution in [0.5, 0.6) is 0 Å². The van der Waals surface area contributed by atoms with Crippen molar-refractivity contribution in [3.05, 3.63) is 71.0 Å². The van der Waals surface area contributed by atoms with Gasteiger partial charge in [-0.15, -0.1) is 0 Å². The smallest absolute Gasteiger partial charge is 0.133 e. The Labute approximate surface area is 105 Å². The minimum Gasteiger partial charge on any atom is -0.329 e. The second-order valence-electron chi connectivity index (χ2n) is 4.60. The summed E-state index contributed by atoms with van der Waals surface area (Å²) >= 11 is 0. The Morgan fingerprint density at radius 1 is 1.06 bits per heavy atom. The van der Waals surface area contributed by atoms with Crippen LogP contribution in [-0.2, 0) is 0 Å². The van der Waals surface area contributed by atoms with Crippen LogP contribution >= 0.6 is 0 Å². The molecule has 0 atom stereocenters. The second kappa shape index (κ2) is 3.57. The molecule has 0 amide bonds. The summed E-state index contributed by atoms with van der Waals surface area (Å²) in [4.78, 5) is 6.90. The van der Waals surface area contributed by atoms with E-state index in [1.54, 1.807) is 0 Å². The predicted molar refractivity (Wildman–Crippen MR) is 73.1 cm³/mol. The van der Waals surface area contributed by atoms with Crippen molar-refractivity contribution in [1.29, 1.82) is 0 Å². The minimum absolute atomic E-state index is 0.904. The maximum absolute atomic E-state index is 4.72. The first-order valence-corrected chi connectivity index (χ1v) is 6.13. The molecule has 0 saturated carbocycles. The molecule has 2 aromatic carbocycles. The summed E-state index contributed by atoms with van der Waals surface area (Å²) in [6.07, 6.45) is 8.44. The standard InChI is InChI=1S/C16H12N2/c1-2-6-13-10-15-14(9-12(13)5-1)11-18-8-4-3-7-16(18)17-15/h1-7,9-11H,8H2. The van der Waals surface area contributed by atoms with Gasteiger partial charge in [0.1, 0.15) is 5.82 Å². The topological polar surface area (TPSA) is 15.6 Å². The van der Waals surface area contributed by atoms with Gasteiger partial charge in [0.2, 0.25) is 0 Å². The average Bonchev–Trinajstić information content (AvgIpc) is 2.42. The lowest BCUT2D eigenvalue weighted by Crippen LogP contribution is -2.35. The van der Waals surface area contributed by atoms with Gasteiger partial charge in [0.15, 0.2) is 0 Å². The molecule has 0 radical (unpaired) electrons. The number of rotatable bonds is 0. The Bertz CT molecular complexity index is 813. The van der Waals surface area contributed by atoms with Gasteiger partial charge in [0.25, 0.3) is 0 Å². The lowest BCUT2D eigenvalue weighted by Gasteiger charge is -2.23. The van der Waals surface area contributed by atoms with Crippen molar-refractivity contribution in [3.63, 3.8) is 0 Å². The van der Waals surface area contributed by atoms with E-state index in [4.69, 9.17) is 4.99 Å². The summed E-state index contributed by atoms with van der Waals surface area (Å²) in [5.41, 5.74) is 0.